The second kappa shape index (κ2) is 6.88. The number of hydrogen-bond acceptors (Lipinski definition) is 4. The Bertz CT molecular complexity index is 575. The molecule has 1 saturated heterocycles. The van der Waals surface area contributed by atoms with E-state index in [1.54, 1.807) is 0 Å². The van der Waals surface area contributed by atoms with Gasteiger partial charge in [-0.05, 0) is 49.5 Å². The Morgan fingerprint density at radius 1 is 1.24 bits per heavy atom. The zero-order valence-electron chi connectivity index (χ0n) is 12.9. The van der Waals surface area contributed by atoms with Gasteiger partial charge in [0.1, 0.15) is 0 Å². The van der Waals surface area contributed by atoms with Crippen molar-refractivity contribution < 1.29 is 4.74 Å². The predicted octanol–water partition coefficient (Wildman–Crippen LogP) is 3.23. The van der Waals surface area contributed by atoms with E-state index >= 15 is 0 Å². The number of thiophene rings is 1. The lowest BCUT2D eigenvalue weighted by molar-refractivity contribution is 0.0133. The molecule has 0 N–H and O–H groups in total. The predicted molar refractivity (Wildman–Crippen MR) is 90.1 cm³/mol. The van der Waals surface area contributed by atoms with Crippen LogP contribution in [0.2, 0.25) is 0 Å². The second-order valence-corrected chi connectivity index (χ2v) is 6.85. The van der Waals surface area contributed by atoms with Crippen molar-refractivity contribution in [2.75, 3.05) is 46.9 Å². The third kappa shape index (κ3) is 3.46. The molecule has 3 nitrogen and oxygen atoms in total. The van der Waals surface area contributed by atoms with E-state index in [1.807, 2.05) is 11.3 Å². The molecule has 0 spiro atoms. The van der Waals surface area contributed by atoms with Crippen molar-refractivity contribution in [1.82, 2.24) is 9.80 Å². The van der Waals surface area contributed by atoms with Crippen LogP contribution in [0, 0.1) is 0 Å². The summed E-state index contributed by atoms with van der Waals surface area (Å²) in [6, 6.07) is 9.29. The molecule has 21 heavy (non-hydrogen) atoms. The fourth-order valence-corrected chi connectivity index (χ4v) is 4.07. The van der Waals surface area contributed by atoms with E-state index in [1.165, 1.54) is 22.1 Å². The molecule has 1 unspecified atom stereocenters. The molecule has 1 aromatic heterocycles. The SMILES string of the molecule is CN(C)CCC(c1csc2ccccc12)N1CCOCC1. The Labute approximate surface area is 131 Å². The van der Waals surface area contributed by atoms with Crippen LogP contribution in [0.15, 0.2) is 29.6 Å². The van der Waals surface area contributed by atoms with Crippen molar-refractivity contribution in [2.24, 2.45) is 0 Å². The van der Waals surface area contributed by atoms with Crippen molar-refractivity contribution >= 4 is 21.4 Å². The molecular formula is C17H24N2OS. The summed E-state index contributed by atoms with van der Waals surface area (Å²) in [5.74, 6) is 0. The summed E-state index contributed by atoms with van der Waals surface area (Å²) >= 11 is 1.87. The Kier molecular flexibility index (Phi) is 4.91. The number of hydrogen-bond donors (Lipinski definition) is 0. The molecule has 0 bridgehead atoms. The third-order valence-electron chi connectivity index (χ3n) is 4.21. The molecule has 1 atom stereocenters. The molecule has 0 aliphatic carbocycles. The molecule has 1 aliphatic rings. The van der Waals surface area contributed by atoms with Gasteiger partial charge in [-0.3, -0.25) is 4.90 Å². The highest BCUT2D eigenvalue weighted by Crippen LogP contribution is 2.35. The van der Waals surface area contributed by atoms with Gasteiger partial charge >= 0.3 is 0 Å². The summed E-state index contributed by atoms with van der Waals surface area (Å²) < 4.78 is 6.93. The van der Waals surface area contributed by atoms with Crippen LogP contribution in [0.3, 0.4) is 0 Å². The normalized spacial score (nSPS) is 18.4. The van der Waals surface area contributed by atoms with Gasteiger partial charge in [-0.15, -0.1) is 11.3 Å². The van der Waals surface area contributed by atoms with Gasteiger partial charge in [0.2, 0.25) is 0 Å². The van der Waals surface area contributed by atoms with Crippen LogP contribution in [0.4, 0.5) is 0 Å². The largest absolute Gasteiger partial charge is 0.379 e. The van der Waals surface area contributed by atoms with Gasteiger partial charge in [-0.25, -0.2) is 0 Å². The van der Waals surface area contributed by atoms with Gasteiger partial charge in [-0.1, -0.05) is 18.2 Å². The second-order valence-electron chi connectivity index (χ2n) is 5.94. The molecular weight excluding hydrogens is 280 g/mol. The highest BCUT2D eigenvalue weighted by molar-refractivity contribution is 7.17. The zero-order chi connectivity index (χ0) is 14.7. The summed E-state index contributed by atoms with van der Waals surface area (Å²) in [5, 5.41) is 3.79. The minimum Gasteiger partial charge on any atom is -0.379 e. The molecule has 0 amide bonds. The molecule has 4 heteroatoms. The summed E-state index contributed by atoms with van der Waals surface area (Å²) in [7, 11) is 4.31. The third-order valence-corrected chi connectivity index (χ3v) is 5.19. The van der Waals surface area contributed by atoms with Gasteiger partial charge in [-0.2, -0.15) is 0 Å². The molecule has 2 heterocycles. The molecule has 0 radical (unpaired) electrons. The van der Waals surface area contributed by atoms with Gasteiger partial charge in [0.05, 0.1) is 13.2 Å². The first kappa shape index (κ1) is 15.0. The Morgan fingerprint density at radius 3 is 2.76 bits per heavy atom. The number of ether oxygens (including phenoxy) is 1. The van der Waals surface area contributed by atoms with Crippen molar-refractivity contribution in [1.29, 1.82) is 0 Å². The lowest BCUT2D eigenvalue weighted by Crippen LogP contribution is -2.40. The zero-order valence-corrected chi connectivity index (χ0v) is 13.7. The minimum absolute atomic E-state index is 0.507. The van der Waals surface area contributed by atoms with E-state index in [0.717, 1.165) is 32.8 Å². The number of rotatable bonds is 5. The van der Waals surface area contributed by atoms with Crippen molar-refractivity contribution in [3.8, 4) is 0 Å². The van der Waals surface area contributed by atoms with Crippen LogP contribution in [0.25, 0.3) is 10.1 Å². The lowest BCUT2D eigenvalue weighted by atomic mass is 10.0. The van der Waals surface area contributed by atoms with Crippen LogP contribution in [-0.2, 0) is 4.74 Å². The Balaban J connectivity index is 1.89. The first-order valence-corrected chi connectivity index (χ1v) is 8.56. The van der Waals surface area contributed by atoms with Crippen LogP contribution in [0.1, 0.15) is 18.0 Å². The van der Waals surface area contributed by atoms with E-state index in [9.17, 15) is 0 Å². The minimum atomic E-state index is 0.507. The van der Waals surface area contributed by atoms with E-state index in [4.69, 9.17) is 4.74 Å². The quantitative estimate of drug-likeness (QED) is 0.843. The van der Waals surface area contributed by atoms with Crippen LogP contribution in [0.5, 0.6) is 0 Å². The summed E-state index contributed by atoms with van der Waals surface area (Å²) in [5.41, 5.74) is 1.50. The summed E-state index contributed by atoms with van der Waals surface area (Å²) in [6.45, 7) is 4.93. The first-order chi connectivity index (χ1) is 10.3. The highest BCUT2D eigenvalue weighted by Gasteiger charge is 2.24. The fourth-order valence-electron chi connectivity index (χ4n) is 3.06. The van der Waals surface area contributed by atoms with Gasteiger partial charge < -0.3 is 9.64 Å². The molecule has 0 saturated carbocycles. The molecule has 3 rings (SSSR count). The maximum atomic E-state index is 5.53. The fraction of sp³-hybridized carbons (Fsp3) is 0.529. The molecule has 1 fully saturated rings. The average Bonchev–Trinajstić information content (AvgIpc) is 2.93. The van der Waals surface area contributed by atoms with E-state index in [2.05, 4.69) is 53.5 Å². The number of nitrogens with zero attached hydrogens (tertiary/aromatic N) is 2. The molecule has 1 aromatic carbocycles. The molecule has 1 aliphatic heterocycles. The first-order valence-electron chi connectivity index (χ1n) is 7.68. The Morgan fingerprint density at radius 2 is 2.00 bits per heavy atom. The van der Waals surface area contributed by atoms with Gasteiger partial charge in [0.25, 0.3) is 0 Å². The monoisotopic (exact) mass is 304 g/mol. The summed E-state index contributed by atoms with van der Waals surface area (Å²) in [4.78, 5) is 4.88. The van der Waals surface area contributed by atoms with Crippen LogP contribution < -0.4 is 0 Å². The van der Waals surface area contributed by atoms with E-state index < -0.39 is 0 Å². The number of morpholine rings is 1. The lowest BCUT2D eigenvalue weighted by Gasteiger charge is -2.35. The average molecular weight is 304 g/mol. The van der Waals surface area contributed by atoms with E-state index in [0.29, 0.717) is 6.04 Å². The smallest absolute Gasteiger partial charge is 0.0594 e. The van der Waals surface area contributed by atoms with Crippen molar-refractivity contribution in [3.63, 3.8) is 0 Å². The van der Waals surface area contributed by atoms with Crippen LogP contribution in [-0.4, -0.2) is 56.7 Å². The van der Waals surface area contributed by atoms with Gasteiger partial charge in [0, 0.05) is 23.8 Å². The molecule has 114 valence electrons. The van der Waals surface area contributed by atoms with Crippen molar-refractivity contribution in [2.45, 2.75) is 12.5 Å². The standard InChI is InChI=1S/C17H24N2OS/c1-18(2)8-7-16(19-9-11-20-12-10-19)15-13-21-17-6-4-3-5-14(15)17/h3-6,13,16H,7-12H2,1-2H3. The maximum Gasteiger partial charge on any atom is 0.0594 e. The van der Waals surface area contributed by atoms with Crippen molar-refractivity contribution in [3.05, 3.63) is 35.2 Å². The van der Waals surface area contributed by atoms with Crippen LogP contribution >= 0.6 is 11.3 Å². The number of benzene rings is 1. The number of fused-ring (bicyclic) bond motifs is 1. The Hall–Kier alpha value is -0.940. The van der Waals surface area contributed by atoms with E-state index in [-0.39, 0.29) is 0 Å². The molecule has 2 aromatic rings. The topological polar surface area (TPSA) is 15.7 Å². The van der Waals surface area contributed by atoms with Gasteiger partial charge in [0.15, 0.2) is 0 Å². The summed E-state index contributed by atoms with van der Waals surface area (Å²) in [6.07, 6.45) is 1.17. The maximum absolute atomic E-state index is 5.53. The highest BCUT2D eigenvalue weighted by atomic mass is 32.1.